The van der Waals surface area contributed by atoms with Gasteiger partial charge in [0.2, 0.25) is 10.0 Å². The third-order valence-electron chi connectivity index (χ3n) is 4.20. The molecule has 0 aliphatic rings. The van der Waals surface area contributed by atoms with Crippen molar-refractivity contribution in [3.63, 3.8) is 0 Å². The summed E-state index contributed by atoms with van der Waals surface area (Å²) in [5.74, 6) is 0. The van der Waals surface area contributed by atoms with Gasteiger partial charge in [-0.1, -0.05) is 23.7 Å². The van der Waals surface area contributed by atoms with E-state index in [1.807, 2.05) is 13.0 Å². The van der Waals surface area contributed by atoms with Gasteiger partial charge in [-0.05, 0) is 38.5 Å². The van der Waals surface area contributed by atoms with Gasteiger partial charge in [-0.15, -0.1) is 0 Å². The standard InChI is InChI=1S/C16H22ClN3O3S/c1-11-15(12(2)20(4)19-11)24(21,22)18-10-16(3,23-5)13-7-6-8-14(17)9-13/h6-9,18H,10H2,1-5H3. The van der Waals surface area contributed by atoms with Gasteiger partial charge in [-0.2, -0.15) is 5.10 Å². The van der Waals surface area contributed by atoms with Crippen LogP contribution in [0.2, 0.25) is 5.02 Å². The van der Waals surface area contributed by atoms with Crippen LogP contribution >= 0.6 is 11.6 Å². The summed E-state index contributed by atoms with van der Waals surface area (Å²) >= 11 is 6.03. The van der Waals surface area contributed by atoms with E-state index in [-0.39, 0.29) is 11.4 Å². The summed E-state index contributed by atoms with van der Waals surface area (Å²) in [6.07, 6.45) is 0. The molecule has 0 amide bonds. The Bertz CT molecular complexity index is 848. The number of methoxy groups -OCH3 is 1. The van der Waals surface area contributed by atoms with E-state index in [1.54, 1.807) is 43.8 Å². The zero-order chi connectivity index (χ0) is 18.1. The highest BCUT2D eigenvalue weighted by molar-refractivity contribution is 7.89. The highest BCUT2D eigenvalue weighted by Crippen LogP contribution is 2.27. The van der Waals surface area contributed by atoms with Crippen LogP contribution in [-0.4, -0.2) is 31.9 Å². The molecular weight excluding hydrogens is 350 g/mol. The molecule has 1 N–H and O–H groups in total. The monoisotopic (exact) mass is 371 g/mol. The molecule has 2 aromatic rings. The van der Waals surface area contributed by atoms with Crippen LogP contribution in [0.5, 0.6) is 0 Å². The molecule has 2 rings (SSSR count). The van der Waals surface area contributed by atoms with Gasteiger partial charge in [0.25, 0.3) is 0 Å². The second-order valence-electron chi connectivity index (χ2n) is 5.89. The van der Waals surface area contributed by atoms with Crippen LogP contribution in [0.4, 0.5) is 0 Å². The smallest absolute Gasteiger partial charge is 0.244 e. The molecule has 0 bridgehead atoms. The Balaban J connectivity index is 2.30. The van der Waals surface area contributed by atoms with Crippen LogP contribution in [0.3, 0.4) is 0 Å². The lowest BCUT2D eigenvalue weighted by Crippen LogP contribution is -2.40. The fourth-order valence-corrected chi connectivity index (χ4v) is 4.31. The van der Waals surface area contributed by atoms with Crippen molar-refractivity contribution in [2.45, 2.75) is 31.3 Å². The summed E-state index contributed by atoms with van der Waals surface area (Å²) in [6.45, 7) is 5.28. The molecule has 1 aromatic heterocycles. The third kappa shape index (κ3) is 3.64. The van der Waals surface area contributed by atoms with Gasteiger partial charge < -0.3 is 4.74 Å². The van der Waals surface area contributed by atoms with Crippen molar-refractivity contribution < 1.29 is 13.2 Å². The topological polar surface area (TPSA) is 73.2 Å². The first-order valence-electron chi connectivity index (χ1n) is 7.42. The first kappa shape index (κ1) is 18.9. The summed E-state index contributed by atoms with van der Waals surface area (Å²) in [7, 11) is -0.456. The van der Waals surface area contributed by atoms with Crippen LogP contribution in [0.25, 0.3) is 0 Å². The number of nitrogens with zero attached hydrogens (tertiary/aromatic N) is 2. The van der Waals surface area contributed by atoms with Gasteiger partial charge in [-0.3, -0.25) is 4.68 Å². The fraction of sp³-hybridized carbons (Fsp3) is 0.438. The number of sulfonamides is 1. The van der Waals surface area contributed by atoms with E-state index in [0.717, 1.165) is 5.56 Å². The molecular formula is C16H22ClN3O3S. The number of halogens is 1. The minimum absolute atomic E-state index is 0.0694. The Morgan fingerprint density at radius 2 is 2.04 bits per heavy atom. The molecule has 1 unspecified atom stereocenters. The van der Waals surface area contributed by atoms with Crippen molar-refractivity contribution in [3.8, 4) is 0 Å². The number of hydrogen-bond donors (Lipinski definition) is 1. The molecule has 0 aliphatic heterocycles. The maximum absolute atomic E-state index is 12.7. The van der Waals surface area contributed by atoms with Gasteiger partial charge in [0.1, 0.15) is 10.5 Å². The van der Waals surface area contributed by atoms with E-state index < -0.39 is 15.6 Å². The van der Waals surface area contributed by atoms with Crippen LogP contribution in [0.15, 0.2) is 29.2 Å². The van der Waals surface area contributed by atoms with E-state index in [9.17, 15) is 8.42 Å². The molecule has 1 atom stereocenters. The molecule has 1 heterocycles. The lowest BCUT2D eigenvalue weighted by molar-refractivity contribution is 0.00698. The highest BCUT2D eigenvalue weighted by Gasteiger charge is 2.31. The van der Waals surface area contributed by atoms with Gasteiger partial charge in [0.05, 0.1) is 11.4 Å². The summed E-state index contributed by atoms with van der Waals surface area (Å²) in [5.41, 5.74) is 0.994. The molecule has 0 saturated heterocycles. The number of aryl methyl sites for hydroxylation is 2. The summed E-state index contributed by atoms with van der Waals surface area (Å²) in [6, 6.07) is 7.18. The van der Waals surface area contributed by atoms with Crippen LogP contribution < -0.4 is 4.72 Å². The predicted octanol–water partition coefficient (Wildman–Crippen LogP) is 2.53. The number of rotatable bonds is 6. The first-order valence-corrected chi connectivity index (χ1v) is 9.28. The van der Waals surface area contributed by atoms with Crippen molar-refractivity contribution in [1.82, 2.24) is 14.5 Å². The van der Waals surface area contributed by atoms with Crippen molar-refractivity contribution in [2.24, 2.45) is 7.05 Å². The molecule has 0 aliphatic carbocycles. The molecule has 1 aromatic carbocycles. The van der Waals surface area contributed by atoms with Crippen molar-refractivity contribution in [3.05, 3.63) is 46.2 Å². The number of ether oxygens (including phenoxy) is 1. The molecule has 8 heteroatoms. The highest BCUT2D eigenvalue weighted by atomic mass is 35.5. The number of hydrogen-bond acceptors (Lipinski definition) is 4. The minimum Gasteiger partial charge on any atom is -0.372 e. The molecule has 24 heavy (non-hydrogen) atoms. The Hall–Kier alpha value is -1.41. The molecule has 0 fully saturated rings. The Morgan fingerprint density at radius 3 is 2.54 bits per heavy atom. The minimum atomic E-state index is -3.71. The van der Waals surface area contributed by atoms with Gasteiger partial charge in [0.15, 0.2) is 0 Å². The lowest BCUT2D eigenvalue weighted by Gasteiger charge is -2.29. The fourth-order valence-electron chi connectivity index (χ4n) is 2.56. The Kier molecular flexibility index (Phi) is 5.39. The molecule has 0 spiro atoms. The molecule has 132 valence electrons. The van der Waals surface area contributed by atoms with Crippen LogP contribution in [0.1, 0.15) is 23.9 Å². The average molecular weight is 372 g/mol. The zero-order valence-electron chi connectivity index (χ0n) is 14.4. The SMILES string of the molecule is COC(C)(CNS(=O)(=O)c1c(C)nn(C)c1C)c1cccc(Cl)c1. The van der Waals surface area contributed by atoms with Crippen molar-refractivity contribution in [1.29, 1.82) is 0 Å². The van der Waals surface area contributed by atoms with E-state index in [2.05, 4.69) is 9.82 Å². The predicted molar refractivity (Wildman–Crippen MR) is 93.7 cm³/mol. The second-order valence-corrected chi connectivity index (χ2v) is 8.03. The molecule has 0 saturated carbocycles. The maximum Gasteiger partial charge on any atom is 0.244 e. The number of nitrogens with one attached hydrogen (secondary N) is 1. The van der Waals surface area contributed by atoms with E-state index in [0.29, 0.717) is 16.4 Å². The van der Waals surface area contributed by atoms with Gasteiger partial charge in [0, 0.05) is 25.7 Å². The maximum atomic E-state index is 12.7. The molecule has 0 radical (unpaired) electrons. The quantitative estimate of drug-likeness (QED) is 0.846. The summed E-state index contributed by atoms with van der Waals surface area (Å²) in [4.78, 5) is 0.203. The van der Waals surface area contributed by atoms with E-state index >= 15 is 0 Å². The summed E-state index contributed by atoms with van der Waals surface area (Å²) < 4.78 is 35.2. The first-order chi connectivity index (χ1) is 11.1. The zero-order valence-corrected chi connectivity index (χ0v) is 16.0. The van der Waals surface area contributed by atoms with Gasteiger partial charge in [-0.25, -0.2) is 13.1 Å². The van der Waals surface area contributed by atoms with Crippen molar-refractivity contribution >= 4 is 21.6 Å². The largest absolute Gasteiger partial charge is 0.372 e. The number of aromatic nitrogens is 2. The summed E-state index contributed by atoms with van der Waals surface area (Å²) in [5, 5.41) is 4.73. The average Bonchev–Trinajstić information content (AvgIpc) is 2.78. The van der Waals surface area contributed by atoms with E-state index in [1.165, 1.54) is 7.11 Å². The third-order valence-corrected chi connectivity index (χ3v) is 6.08. The lowest BCUT2D eigenvalue weighted by atomic mass is 9.96. The molecule has 6 nitrogen and oxygen atoms in total. The van der Waals surface area contributed by atoms with E-state index in [4.69, 9.17) is 16.3 Å². The van der Waals surface area contributed by atoms with Gasteiger partial charge >= 0.3 is 0 Å². The second kappa shape index (κ2) is 6.84. The number of benzene rings is 1. The Morgan fingerprint density at radius 1 is 1.38 bits per heavy atom. The van der Waals surface area contributed by atoms with Crippen LogP contribution in [-0.2, 0) is 27.4 Å². The van der Waals surface area contributed by atoms with Crippen LogP contribution in [0, 0.1) is 13.8 Å². The Labute approximate surface area is 147 Å². The van der Waals surface area contributed by atoms with Crippen molar-refractivity contribution in [2.75, 3.05) is 13.7 Å². The normalized spacial score (nSPS) is 14.6.